The lowest BCUT2D eigenvalue weighted by atomic mass is 10.1. The zero-order valence-electron chi connectivity index (χ0n) is 12.0. The molecule has 0 saturated heterocycles. The second-order valence-electron chi connectivity index (χ2n) is 4.53. The van der Waals surface area contributed by atoms with E-state index in [0.717, 1.165) is 4.88 Å². The highest BCUT2D eigenvalue weighted by Crippen LogP contribution is 2.32. The number of carbonyl (C=O) groups excluding carboxylic acids is 1. The summed E-state index contributed by atoms with van der Waals surface area (Å²) in [6, 6.07) is 12.4. The maximum atomic E-state index is 11.6. The third-order valence-corrected chi connectivity index (χ3v) is 3.98. The summed E-state index contributed by atoms with van der Waals surface area (Å²) in [5, 5.41) is 0. The third-order valence-electron chi connectivity index (χ3n) is 2.98. The van der Waals surface area contributed by atoms with Gasteiger partial charge in [0.25, 0.3) is 0 Å². The molecule has 1 heterocycles. The molecule has 0 bridgehead atoms. The van der Waals surface area contributed by atoms with Crippen molar-refractivity contribution in [3.8, 4) is 11.1 Å². The molecule has 0 unspecified atom stereocenters. The van der Waals surface area contributed by atoms with Gasteiger partial charge in [0.15, 0.2) is 0 Å². The van der Waals surface area contributed by atoms with Crippen LogP contribution in [0.25, 0.3) is 17.2 Å². The van der Waals surface area contributed by atoms with Crippen LogP contribution in [0.3, 0.4) is 0 Å². The second kappa shape index (κ2) is 6.53. The summed E-state index contributed by atoms with van der Waals surface area (Å²) in [5.74, 6) is -0.250. The minimum Gasteiger partial charge on any atom is -0.463 e. The quantitative estimate of drug-likeness (QED) is 0.602. The number of hydrogen-bond donors (Lipinski definition) is 0. The van der Waals surface area contributed by atoms with Crippen molar-refractivity contribution in [2.75, 3.05) is 6.61 Å². The van der Waals surface area contributed by atoms with E-state index in [9.17, 15) is 4.79 Å². The first-order chi connectivity index (χ1) is 9.61. The molecule has 0 aliphatic heterocycles. The van der Waals surface area contributed by atoms with Crippen molar-refractivity contribution in [2.45, 2.75) is 20.8 Å². The van der Waals surface area contributed by atoms with Crippen LogP contribution < -0.4 is 0 Å². The summed E-state index contributed by atoms with van der Waals surface area (Å²) < 4.78 is 4.99. The van der Waals surface area contributed by atoms with Gasteiger partial charge in [0.2, 0.25) is 0 Å². The molecular weight excluding hydrogens is 268 g/mol. The van der Waals surface area contributed by atoms with Gasteiger partial charge >= 0.3 is 5.97 Å². The van der Waals surface area contributed by atoms with Crippen LogP contribution in [0.2, 0.25) is 0 Å². The fourth-order valence-corrected chi connectivity index (χ4v) is 3.05. The number of esters is 1. The van der Waals surface area contributed by atoms with Gasteiger partial charge in [0, 0.05) is 15.3 Å². The maximum absolute atomic E-state index is 11.6. The molecule has 1 aromatic carbocycles. The topological polar surface area (TPSA) is 26.3 Å². The number of benzene rings is 1. The molecule has 1 aromatic heterocycles. The highest BCUT2D eigenvalue weighted by atomic mass is 32.1. The number of thiophene rings is 1. The van der Waals surface area contributed by atoms with E-state index in [1.54, 1.807) is 18.3 Å². The molecule has 0 atom stereocenters. The first-order valence-corrected chi connectivity index (χ1v) is 7.44. The van der Waals surface area contributed by atoms with E-state index < -0.39 is 0 Å². The molecule has 104 valence electrons. The number of hydrogen-bond acceptors (Lipinski definition) is 3. The molecule has 0 spiro atoms. The van der Waals surface area contributed by atoms with Crippen LogP contribution in [-0.4, -0.2) is 12.6 Å². The zero-order chi connectivity index (χ0) is 14.5. The lowest BCUT2D eigenvalue weighted by Gasteiger charge is -2.00. The summed E-state index contributed by atoms with van der Waals surface area (Å²) in [4.78, 5) is 13.9. The number of rotatable bonds is 4. The summed E-state index contributed by atoms with van der Waals surface area (Å²) in [7, 11) is 0. The smallest absolute Gasteiger partial charge is 0.333 e. The average molecular weight is 286 g/mol. The molecule has 0 saturated carbocycles. The monoisotopic (exact) mass is 286 g/mol. The lowest BCUT2D eigenvalue weighted by molar-refractivity contribution is -0.138. The number of carbonyl (C=O) groups is 1. The predicted octanol–water partition coefficient (Wildman–Crippen LogP) is 4.69. The van der Waals surface area contributed by atoms with Gasteiger partial charge in [0.05, 0.1) is 6.61 Å². The van der Waals surface area contributed by atoms with Crippen molar-refractivity contribution in [2.24, 2.45) is 0 Å². The summed E-state index contributed by atoms with van der Waals surface area (Å²) >= 11 is 1.69. The minimum atomic E-state index is -0.250. The third kappa shape index (κ3) is 3.36. The SMILES string of the molecule is CCOC(=O)C(C)=Cc1cc(-c2ccccc2)c(C)s1. The van der Waals surface area contributed by atoms with Gasteiger partial charge in [-0.3, -0.25) is 0 Å². The van der Waals surface area contributed by atoms with Gasteiger partial charge in [-0.15, -0.1) is 11.3 Å². The van der Waals surface area contributed by atoms with Gasteiger partial charge in [-0.25, -0.2) is 4.79 Å². The van der Waals surface area contributed by atoms with E-state index in [1.165, 1.54) is 16.0 Å². The molecule has 2 aromatic rings. The van der Waals surface area contributed by atoms with E-state index in [0.29, 0.717) is 12.2 Å². The molecule has 20 heavy (non-hydrogen) atoms. The number of ether oxygens (including phenoxy) is 1. The Bertz CT molecular complexity index is 624. The highest BCUT2D eigenvalue weighted by Gasteiger charge is 2.09. The molecule has 0 aliphatic carbocycles. The second-order valence-corrected chi connectivity index (χ2v) is 5.82. The summed E-state index contributed by atoms with van der Waals surface area (Å²) in [5.41, 5.74) is 3.06. The fraction of sp³-hybridized carbons (Fsp3) is 0.235. The Kier molecular flexibility index (Phi) is 4.74. The largest absolute Gasteiger partial charge is 0.463 e. The van der Waals surface area contributed by atoms with Crippen LogP contribution in [0, 0.1) is 6.92 Å². The molecule has 0 radical (unpaired) electrons. The first kappa shape index (κ1) is 14.5. The first-order valence-electron chi connectivity index (χ1n) is 6.63. The van der Waals surface area contributed by atoms with E-state index in [-0.39, 0.29) is 5.97 Å². The Morgan fingerprint density at radius 2 is 2.00 bits per heavy atom. The van der Waals surface area contributed by atoms with Gasteiger partial charge in [-0.2, -0.15) is 0 Å². The van der Waals surface area contributed by atoms with Crippen LogP contribution in [0.5, 0.6) is 0 Å². The van der Waals surface area contributed by atoms with Gasteiger partial charge in [-0.1, -0.05) is 30.3 Å². The standard InChI is InChI=1S/C17H18O2S/c1-4-19-17(18)12(2)10-15-11-16(13(3)20-15)14-8-6-5-7-9-14/h5-11H,4H2,1-3H3. The van der Waals surface area contributed by atoms with Crippen LogP contribution in [0.15, 0.2) is 42.0 Å². The molecule has 3 heteroatoms. The van der Waals surface area contributed by atoms with Gasteiger partial charge < -0.3 is 4.74 Å². The van der Waals surface area contributed by atoms with E-state index >= 15 is 0 Å². The molecule has 0 fully saturated rings. The van der Waals surface area contributed by atoms with Crippen molar-refractivity contribution in [3.63, 3.8) is 0 Å². The molecule has 0 amide bonds. The zero-order valence-corrected chi connectivity index (χ0v) is 12.8. The van der Waals surface area contributed by atoms with E-state index in [4.69, 9.17) is 4.74 Å². The Morgan fingerprint density at radius 3 is 2.65 bits per heavy atom. The molecular formula is C17H18O2S. The maximum Gasteiger partial charge on any atom is 0.333 e. The Morgan fingerprint density at radius 1 is 1.30 bits per heavy atom. The summed E-state index contributed by atoms with van der Waals surface area (Å²) in [6.07, 6.45) is 1.89. The van der Waals surface area contributed by atoms with Crippen LogP contribution in [-0.2, 0) is 9.53 Å². The fourth-order valence-electron chi connectivity index (χ4n) is 2.00. The van der Waals surface area contributed by atoms with E-state index in [1.807, 2.05) is 31.2 Å². The van der Waals surface area contributed by atoms with Crippen molar-refractivity contribution < 1.29 is 9.53 Å². The molecule has 0 N–H and O–H groups in total. The van der Waals surface area contributed by atoms with Crippen molar-refractivity contribution in [1.29, 1.82) is 0 Å². The van der Waals surface area contributed by atoms with Crippen molar-refractivity contribution in [3.05, 3.63) is 51.7 Å². The Hall–Kier alpha value is -1.87. The molecule has 2 nitrogen and oxygen atoms in total. The van der Waals surface area contributed by atoms with Crippen molar-refractivity contribution >= 4 is 23.4 Å². The molecule has 0 aliphatic rings. The van der Waals surface area contributed by atoms with Crippen LogP contribution >= 0.6 is 11.3 Å². The van der Waals surface area contributed by atoms with E-state index in [2.05, 4.69) is 25.1 Å². The Balaban J connectivity index is 2.28. The normalized spacial score (nSPS) is 11.4. The van der Waals surface area contributed by atoms with Gasteiger partial charge in [-0.05, 0) is 44.0 Å². The van der Waals surface area contributed by atoms with Gasteiger partial charge in [0.1, 0.15) is 0 Å². The minimum absolute atomic E-state index is 0.250. The molecule has 2 rings (SSSR count). The average Bonchev–Trinajstić information content (AvgIpc) is 2.80. The Labute approximate surface area is 123 Å². The highest BCUT2D eigenvalue weighted by molar-refractivity contribution is 7.13. The van der Waals surface area contributed by atoms with Crippen LogP contribution in [0.1, 0.15) is 23.6 Å². The number of aryl methyl sites for hydroxylation is 1. The summed E-state index contributed by atoms with van der Waals surface area (Å²) in [6.45, 7) is 6.11. The van der Waals surface area contributed by atoms with Crippen molar-refractivity contribution in [1.82, 2.24) is 0 Å². The predicted molar refractivity (Wildman–Crippen MR) is 84.8 cm³/mol. The van der Waals surface area contributed by atoms with Crippen LogP contribution in [0.4, 0.5) is 0 Å². The lowest BCUT2D eigenvalue weighted by Crippen LogP contribution is -2.04.